The monoisotopic (exact) mass is 176 g/mol. The Balaban J connectivity index is 2.54. The number of carbonyl (C=O) groups excluding carboxylic acids is 1. The van der Waals surface area contributed by atoms with E-state index in [2.05, 4.69) is 9.97 Å². The zero-order valence-corrected chi connectivity index (χ0v) is 7.07. The Hall–Kier alpha value is -1.84. The molecule has 2 heterocycles. The summed E-state index contributed by atoms with van der Waals surface area (Å²) in [5, 5.41) is 0.817. The molecule has 0 saturated heterocycles. The topological polar surface area (TPSA) is 55.0 Å². The van der Waals surface area contributed by atoms with Crippen LogP contribution in [0.3, 0.4) is 0 Å². The maximum absolute atomic E-state index is 10.7. The summed E-state index contributed by atoms with van der Waals surface area (Å²) in [6, 6.07) is 3.64. The summed E-state index contributed by atoms with van der Waals surface area (Å²) in [4.78, 5) is 17.7. The molecule has 0 atom stereocenters. The van der Waals surface area contributed by atoms with Gasteiger partial charge in [-0.15, -0.1) is 0 Å². The molecule has 0 aliphatic carbocycles. The molecule has 2 rings (SSSR count). The second kappa shape index (κ2) is 2.90. The van der Waals surface area contributed by atoms with Crippen molar-refractivity contribution in [3.05, 3.63) is 24.5 Å². The molecule has 4 heteroatoms. The van der Waals surface area contributed by atoms with E-state index in [0.717, 1.165) is 10.9 Å². The fraction of sp³-hybridized carbons (Fsp3) is 0.111. The SMILES string of the molecule is CC(=O)Oc1nccc2[nH]ccc12. The van der Waals surface area contributed by atoms with Crippen LogP contribution in [0.1, 0.15) is 6.92 Å². The normalized spacial score (nSPS) is 10.2. The highest BCUT2D eigenvalue weighted by molar-refractivity contribution is 5.86. The van der Waals surface area contributed by atoms with E-state index in [1.54, 1.807) is 12.4 Å². The lowest BCUT2D eigenvalue weighted by atomic mass is 10.3. The zero-order chi connectivity index (χ0) is 9.26. The summed E-state index contributed by atoms with van der Waals surface area (Å²) in [6.07, 6.45) is 3.37. The van der Waals surface area contributed by atoms with Gasteiger partial charge >= 0.3 is 5.97 Å². The van der Waals surface area contributed by atoms with Crippen LogP contribution in [0.5, 0.6) is 5.88 Å². The Kier molecular flexibility index (Phi) is 1.73. The third kappa shape index (κ3) is 1.38. The Morgan fingerprint density at radius 2 is 2.38 bits per heavy atom. The minimum absolute atomic E-state index is 0.353. The van der Waals surface area contributed by atoms with Crippen molar-refractivity contribution < 1.29 is 9.53 Å². The molecule has 0 amide bonds. The third-order valence-electron chi connectivity index (χ3n) is 1.68. The van der Waals surface area contributed by atoms with Gasteiger partial charge in [0.05, 0.1) is 10.9 Å². The average molecular weight is 176 g/mol. The van der Waals surface area contributed by atoms with E-state index in [-0.39, 0.29) is 5.97 Å². The van der Waals surface area contributed by atoms with Crippen LogP contribution in [0.2, 0.25) is 0 Å². The van der Waals surface area contributed by atoms with Crippen LogP contribution < -0.4 is 4.74 Å². The molecule has 66 valence electrons. The van der Waals surface area contributed by atoms with Crippen molar-refractivity contribution in [2.45, 2.75) is 6.92 Å². The summed E-state index contributed by atoms with van der Waals surface area (Å²) in [6.45, 7) is 1.35. The lowest BCUT2D eigenvalue weighted by Gasteiger charge is -1.99. The number of hydrogen-bond donors (Lipinski definition) is 1. The third-order valence-corrected chi connectivity index (χ3v) is 1.68. The molecule has 0 aliphatic rings. The Morgan fingerprint density at radius 1 is 1.54 bits per heavy atom. The van der Waals surface area contributed by atoms with E-state index >= 15 is 0 Å². The number of aromatic amines is 1. The highest BCUT2D eigenvalue weighted by Crippen LogP contribution is 2.21. The van der Waals surface area contributed by atoms with Gasteiger partial charge in [0.25, 0.3) is 0 Å². The predicted octanol–water partition coefficient (Wildman–Crippen LogP) is 1.49. The Morgan fingerprint density at radius 3 is 3.15 bits per heavy atom. The summed E-state index contributed by atoms with van der Waals surface area (Å²) in [5.41, 5.74) is 0.909. The molecular formula is C9H8N2O2. The molecule has 0 unspecified atom stereocenters. The number of H-pyrrole nitrogens is 1. The molecule has 2 aromatic heterocycles. The number of esters is 1. The standard InChI is InChI=1S/C9H8N2O2/c1-6(12)13-9-7-2-4-10-8(7)3-5-11-9/h2-5,10H,1H3. The van der Waals surface area contributed by atoms with E-state index < -0.39 is 0 Å². The summed E-state index contributed by atoms with van der Waals surface area (Å²) >= 11 is 0. The highest BCUT2D eigenvalue weighted by Gasteiger charge is 2.05. The molecule has 0 bridgehead atoms. The van der Waals surface area contributed by atoms with Gasteiger partial charge in [0, 0.05) is 19.3 Å². The highest BCUT2D eigenvalue weighted by atomic mass is 16.5. The second-order valence-electron chi connectivity index (χ2n) is 2.65. The van der Waals surface area contributed by atoms with E-state index in [1.165, 1.54) is 6.92 Å². The van der Waals surface area contributed by atoms with Crippen LogP contribution >= 0.6 is 0 Å². The first-order valence-electron chi connectivity index (χ1n) is 3.88. The fourth-order valence-corrected chi connectivity index (χ4v) is 1.17. The predicted molar refractivity (Wildman–Crippen MR) is 47.4 cm³/mol. The number of aromatic nitrogens is 2. The molecule has 4 nitrogen and oxygen atoms in total. The van der Waals surface area contributed by atoms with Crippen molar-refractivity contribution in [2.24, 2.45) is 0 Å². The second-order valence-corrected chi connectivity index (χ2v) is 2.65. The molecule has 1 N–H and O–H groups in total. The van der Waals surface area contributed by atoms with Crippen molar-refractivity contribution >= 4 is 16.9 Å². The minimum Gasteiger partial charge on any atom is -0.407 e. The molecule has 0 radical (unpaired) electrons. The molecular weight excluding hydrogens is 168 g/mol. The molecule has 0 saturated carbocycles. The van der Waals surface area contributed by atoms with Crippen LogP contribution in [-0.2, 0) is 4.79 Å². The number of carbonyl (C=O) groups is 1. The van der Waals surface area contributed by atoms with Gasteiger partial charge < -0.3 is 9.72 Å². The van der Waals surface area contributed by atoms with Gasteiger partial charge in [-0.3, -0.25) is 4.79 Å². The molecule has 0 fully saturated rings. The van der Waals surface area contributed by atoms with Crippen LogP contribution in [0.15, 0.2) is 24.5 Å². The van der Waals surface area contributed by atoms with Crippen LogP contribution in [-0.4, -0.2) is 15.9 Å². The van der Waals surface area contributed by atoms with Gasteiger partial charge in [-0.05, 0) is 12.1 Å². The lowest BCUT2D eigenvalue weighted by Crippen LogP contribution is -2.02. The van der Waals surface area contributed by atoms with Gasteiger partial charge in [0.15, 0.2) is 0 Å². The number of pyridine rings is 1. The first-order chi connectivity index (χ1) is 6.27. The number of hydrogen-bond acceptors (Lipinski definition) is 3. The Labute approximate surface area is 74.5 Å². The van der Waals surface area contributed by atoms with Crippen molar-refractivity contribution in [2.75, 3.05) is 0 Å². The van der Waals surface area contributed by atoms with Gasteiger partial charge in [-0.1, -0.05) is 0 Å². The van der Waals surface area contributed by atoms with Crippen molar-refractivity contribution in [3.63, 3.8) is 0 Å². The number of ether oxygens (including phenoxy) is 1. The van der Waals surface area contributed by atoms with Crippen LogP contribution in [0, 0.1) is 0 Å². The molecule has 0 aromatic carbocycles. The van der Waals surface area contributed by atoms with Gasteiger partial charge in [-0.2, -0.15) is 0 Å². The van der Waals surface area contributed by atoms with E-state index in [0.29, 0.717) is 5.88 Å². The Bertz CT molecular complexity index is 448. The van der Waals surface area contributed by atoms with Gasteiger partial charge in [0.2, 0.25) is 5.88 Å². The summed E-state index contributed by atoms with van der Waals surface area (Å²) in [5.74, 6) is -0.00699. The zero-order valence-electron chi connectivity index (χ0n) is 7.07. The molecule has 13 heavy (non-hydrogen) atoms. The maximum atomic E-state index is 10.7. The number of nitrogens with zero attached hydrogens (tertiary/aromatic N) is 1. The van der Waals surface area contributed by atoms with E-state index in [1.807, 2.05) is 12.1 Å². The molecule has 2 aromatic rings. The number of rotatable bonds is 1. The average Bonchev–Trinajstić information content (AvgIpc) is 2.51. The van der Waals surface area contributed by atoms with Crippen molar-refractivity contribution in [3.8, 4) is 5.88 Å². The fourth-order valence-electron chi connectivity index (χ4n) is 1.17. The van der Waals surface area contributed by atoms with Gasteiger partial charge in [0.1, 0.15) is 0 Å². The first-order valence-corrected chi connectivity index (χ1v) is 3.88. The van der Waals surface area contributed by atoms with Crippen molar-refractivity contribution in [1.82, 2.24) is 9.97 Å². The van der Waals surface area contributed by atoms with Crippen LogP contribution in [0.25, 0.3) is 10.9 Å². The smallest absolute Gasteiger partial charge is 0.309 e. The lowest BCUT2D eigenvalue weighted by molar-refractivity contribution is -0.132. The minimum atomic E-state index is -0.360. The van der Waals surface area contributed by atoms with Gasteiger partial charge in [-0.25, -0.2) is 4.98 Å². The largest absolute Gasteiger partial charge is 0.407 e. The van der Waals surface area contributed by atoms with Crippen LogP contribution in [0.4, 0.5) is 0 Å². The summed E-state index contributed by atoms with van der Waals surface area (Å²) < 4.78 is 4.92. The van der Waals surface area contributed by atoms with E-state index in [4.69, 9.17) is 4.74 Å². The van der Waals surface area contributed by atoms with E-state index in [9.17, 15) is 4.79 Å². The van der Waals surface area contributed by atoms with Crippen molar-refractivity contribution in [1.29, 1.82) is 0 Å². The maximum Gasteiger partial charge on any atom is 0.309 e. The first kappa shape index (κ1) is 7.79. The quantitative estimate of drug-likeness (QED) is 0.669. The number of fused-ring (bicyclic) bond motifs is 1. The molecule has 0 aliphatic heterocycles. The molecule has 0 spiro atoms. The summed E-state index contributed by atoms with van der Waals surface area (Å²) in [7, 11) is 0. The number of nitrogens with one attached hydrogen (secondary N) is 1.